The van der Waals surface area contributed by atoms with Crippen LogP contribution in [0.25, 0.3) is 0 Å². The van der Waals surface area contributed by atoms with Crippen LogP contribution in [-0.4, -0.2) is 21.5 Å². The van der Waals surface area contributed by atoms with E-state index in [0.29, 0.717) is 11.3 Å². The molecule has 2 aromatic rings. The molecule has 7 nitrogen and oxygen atoms in total. The van der Waals surface area contributed by atoms with E-state index in [9.17, 15) is 14.9 Å². The quantitative estimate of drug-likeness (QED) is 0.519. The van der Waals surface area contributed by atoms with Gasteiger partial charge in [-0.05, 0) is 24.6 Å². The maximum absolute atomic E-state index is 11.8. The molecule has 1 amide bonds. The van der Waals surface area contributed by atoms with E-state index in [1.807, 2.05) is 0 Å². The molecule has 0 saturated carbocycles. The molecular weight excluding hydrogens is 284 g/mol. The van der Waals surface area contributed by atoms with Gasteiger partial charge in [0.2, 0.25) is 5.91 Å². The number of hydrogen-bond acceptors (Lipinski definition) is 5. The van der Waals surface area contributed by atoms with Crippen molar-refractivity contribution < 1.29 is 9.72 Å². The standard InChI is InChI=1S/C15H14N4O3/c1-11(13-6-8-16-9-7-13)17-18-15(20)10-12-2-4-14(5-3-12)19(21)22/h2-9H,10H2,1H3,(H,18,20)/b17-11-. The van der Waals surface area contributed by atoms with Crippen molar-refractivity contribution in [2.75, 3.05) is 0 Å². The molecule has 2 rings (SSSR count). The molecule has 112 valence electrons. The van der Waals surface area contributed by atoms with Gasteiger partial charge in [-0.15, -0.1) is 0 Å². The number of nitro benzene ring substituents is 1. The van der Waals surface area contributed by atoms with Crippen molar-refractivity contribution in [3.63, 3.8) is 0 Å². The van der Waals surface area contributed by atoms with Crippen molar-refractivity contribution in [3.8, 4) is 0 Å². The van der Waals surface area contributed by atoms with Gasteiger partial charge in [0.05, 0.1) is 17.1 Å². The van der Waals surface area contributed by atoms with Gasteiger partial charge < -0.3 is 0 Å². The minimum absolute atomic E-state index is 0.00397. The van der Waals surface area contributed by atoms with Crippen LogP contribution in [0.5, 0.6) is 0 Å². The lowest BCUT2D eigenvalue weighted by molar-refractivity contribution is -0.384. The van der Waals surface area contributed by atoms with E-state index in [1.165, 1.54) is 12.1 Å². The number of carbonyl (C=O) groups is 1. The number of benzene rings is 1. The topological polar surface area (TPSA) is 97.5 Å². The number of rotatable bonds is 5. The van der Waals surface area contributed by atoms with Crippen LogP contribution in [-0.2, 0) is 11.2 Å². The van der Waals surface area contributed by atoms with Crippen LogP contribution in [0.3, 0.4) is 0 Å². The summed E-state index contributed by atoms with van der Waals surface area (Å²) in [5.41, 5.74) is 4.67. The number of hydrazone groups is 1. The zero-order valence-electron chi connectivity index (χ0n) is 11.9. The zero-order chi connectivity index (χ0) is 15.9. The van der Waals surface area contributed by atoms with Gasteiger partial charge in [0.25, 0.3) is 5.69 Å². The highest BCUT2D eigenvalue weighted by Gasteiger charge is 2.07. The third-order valence-electron chi connectivity index (χ3n) is 2.96. The van der Waals surface area contributed by atoms with Crippen molar-refractivity contribution in [3.05, 3.63) is 70.0 Å². The molecule has 0 spiro atoms. The Bertz CT molecular complexity index is 696. The van der Waals surface area contributed by atoms with Gasteiger partial charge in [0.15, 0.2) is 0 Å². The number of carbonyl (C=O) groups excluding carboxylic acids is 1. The molecule has 0 saturated heterocycles. The van der Waals surface area contributed by atoms with E-state index < -0.39 is 4.92 Å². The molecule has 0 radical (unpaired) electrons. The van der Waals surface area contributed by atoms with Crippen LogP contribution in [0.4, 0.5) is 5.69 Å². The summed E-state index contributed by atoms with van der Waals surface area (Å²) in [6, 6.07) is 9.43. The molecule has 22 heavy (non-hydrogen) atoms. The Morgan fingerprint density at radius 3 is 2.45 bits per heavy atom. The molecule has 0 fully saturated rings. The summed E-state index contributed by atoms with van der Waals surface area (Å²) in [6.07, 6.45) is 3.39. The minimum atomic E-state index is -0.480. The van der Waals surface area contributed by atoms with Crippen LogP contribution in [0.1, 0.15) is 18.1 Å². The number of hydrogen-bond donors (Lipinski definition) is 1. The van der Waals surface area contributed by atoms with Gasteiger partial charge in [0.1, 0.15) is 0 Å². The predicted octanol–water partition coefficient (Wildman–Crippen LogP) is 2.07. The van der Waals surface area contributed by atoms with Gasteiger partial charge >= 0.3 is 0 Å². The normalized spacial score (nSPS) is 11.0. The average Bonchev–Trinajstić information content (AvgIpc) is 2.54. The van der Waals surface area contributed by atoms with Gasteiger partial charge in [-0.25, -0.2) is 5.43 Å². The highest BCUT2D eigenvalue weighted by molar-refractivity contribution is 5.99. The van der Waals surface area contributed by atoms with Gasteiger partial charge in [-0.3, -0.25) is 19.9 Å². The summed E-state index contributed by atoms with van der Waals surface area (Å²) in [6.45, 7) is 1.78. The van der Waals surface area contributed by atoms with Gasteiger partial charge in [-0.2, -0.15) is 5.10 Å². The molecule has 0 aliphatic heterocycles. The van der Waals surface area contributed by atoms with E-state index in [1.54, 1.807) is 43.6 Å². The fraction of sp³-hybridized carbons (Fsp3) is 0.133. The molecule has 0 bridgehead atoms. The van der Waals surface area contributed by atoms with Crippen LogP contribution in [0, 0.1) is 10.1 Å². The summed E-state index contributed by atoms with van der Waals surface area (Å²) < 4.78 is 0. The number of amides is 1. The summed E-state index contributed by atoms with van der Waals surface area (Å²) >= 11 is 0. The number of non-ortho nitro benzene ring substituents is 1. The van der Waals surface area contributed by atoms with Gasteiger partial charge in [0, 0.05) is 30.1 Å². The highest BCUT2D eigenvalue weighted by atomic mass is 16.6. The number of nitro groups is 1. The van der Waals surface area contributed by atoms with Crippen molar-refractivity contribution in [1.82, 2.24) is 10.4 Å². The summed E-state index contributed by atoms with van der Waals surface area (Å²) in [5.74, 6) is -0.290. The Kier molecular flexibility index (Phi) is 4.92. The monoisotopic (exact) mass is 298 g/mol. The lowest BCUT2D eigenvalue weighted by atomic mass is 10.1. The van der Waals surface area contributed by atoms with Crippen LogP contribution >= 0.6 is 0 Å². The molecule has 1 aromatic heterocycles. The third-order valence-corrected chi connectivity index (χ3v) is 2.96. The van der Waals surface area contributed by atoms with E-state index in [-0.39, 0.29) is 18.0 Å². The molecule has 0 aliphatic carbocycles. The fourth-order valence-corrected chi connectivity index (χ4v) is 1.76. The Hall–Kier alpha value is -3.09. The SMILES string of the molecule is C/C(=N/NC(=O)Cc1ccc([N+](=O)[O-])cc1)c1ccncc1. The summed E-state index contributed by atoms with van der Waals surface area (Å²) in [7, 11) is 0. The van der Waals surface area contributed by atoms with Crippen molar-refractivity contribution in [1.29, 1.82) is 0 Å². The molecule has 7 heteroatoms. The van der Waals surface area contributed by atoms with Crippen molar-refractivity contribution in [2.45, 2.75) is 13.3 Å². The minimum Gasteiger partial charge on any atom is -0.273 e. The maximum atomic E-state index is 11.8. The lowest BCUT2D eigenvalue weighted by Gasteiger charge is -2.03. The Morgan fingerprint density at radius 1 is 1.23 bits per heavy atom. The first-order chi connectivity index (χ1) is 10.6. The Labute approximate surface area is 126 Å². The fourth-order valence-electron chi connectivity index (χ4n) is 1.76. The predicted molar refractivity (Wildman–Crippen MR) is 81.4 cm³/mol. The molecule has 0 unspecified atom stereocenters. The van der Waals surface area contributed by atoms with Crippen LogP contribution in [0.15, 0.2) is 53.9 Å². The number of pyridine rings is 1. The molecule has 1 N–H and O–H groups in total. The third kappa shape index (κ3) is 4.20. The first kappa shape index (κ1) is 15.3. The smallest absolute Gasteiger partial charge is 0.269 e. The largest absolute Gasteiger partial charge is 0.273 e. The van der Waals surface area contributed by atoms with Gasteiger partial charge in [-0.1, -0.05) is 12.1 Å². The lowest BCUT2D eigenvalue weighted by Crippen LogP contribution is -2.21. The van der Waals surface area contributed by atoms with Crippen LogP contribution < -0.4 is 5.43 Å². The van der Waals surface area contributed by atoms with E-state index >= 15 is 0 Å². The second kappa shape index (κ2) is 7.07. The molecular formula is C15H14N4O3. The second-order valence-electron chi connectivity index (χ2n) is 4.57. The van der Waals surface area contributed by atoms with E-state index in [2.05, 4.69) is 15.5 Å². The Balaban J connectivity index is 1.94. The first-order valence-electron chi connectivity index (χ1n) is 6.53. The summed E-state index contributed by atoms with van der Waals surface area (Å²) in [5, 5.41) is 14.6. The van der Waals surface area contributed by atoms with E-state index in [4.69, 9.17) is 0 Å². The number of nitrogens with one attached hydrogen (secondary N) is 1. The van der Waals surface area contributed by atoms with Crippen molar-refractivity contribution in [2.24, 2.45) is 5.10 Å². The highest BCUT2D eigenvalue weighted by Crippen LogP contribution is 2.12. The average molecular weight is 298 g/mol. The van der Waals surface area contributed by atoms with E-state index in [0.717, 1.165) is 5.56 Å². The molecule has 1 aromatic carbocycles. The number of aromatic nitrogens is 1. The summed E-state index contributed by atoms with van der Waals surface area (Å²) in [4.78, 5) is 25.8. The molecule has 0 aliphatic rings. The molecule has 1 heterocycles. The first-order valence-corrected chi connectivity index (χ1v) is 6.53. The zero-order valence-corrected chi connectivity index (χ0v) is 11.9. The Morgan fingerprint density at radius 2 is 1.86 bits per heavy atom. The van der Waals surface area contributed by atoms with Crippen molar-refractivity contribution >= 4 is 17.3 Å². The second-order valence-corrected chi connectivity index (χ2v) is 4.57. The van der Waals surface area contributed by atoms with Crippen LogP contribution in [0.2, 0.25) is 0 Å². The molecule has 0 atom stereocenters. The number of nitrogens with zero attached hydrogens (tertiary/aromatic N) is 3. The maximum Gasteiger partial charge on any atom is 0.269 e.